The quantitative estimate of drug-likeness (QED) is 0.863. The molecule has 1 amide bonds. The van der Waals surface area contributed by atoms with Gasteiger partial charge in [0.2, 0.25) is 5.88 Å². The highest BCUT2D eigenvalue weighted by Crippen LogP contribution is 2.43. The van der Waals surface area contributed by atoms with E-state index in [0.29, 0.717) is 17.7 Å². The highest BCUT2D eigenvalue weighted by molar-refractivity contribution is 5.84. The Hall–Kier alpha value is -2.11. The first-order chi connectivity index (χ1) is 12.5. The monoisotopic (exact) mass is 356 g/mol. The number of fused-ring (bicyclic) bond motifs is 1. The second-order valence-corrected chi connectivity index (χ2v) is 7.95. The summed E-state index contributed by atoms with van der Waals surface area (Å²) in [5.74, 6) is 1.59. The van der Waals surface area contributed by atoms with Crippen molar-refractivity contribution in [2.75, 3.05) is 6.61 Å². The fourth-order valence-electron chi connectivity index (χ4n) is 4.16. The Kier molecular flexibility index (Phi) is 4.59. The molecule has 0 unspecified atom stereocenters. The number of pyridine rings is 1. The molecule has 0 radical (unpaired) electrons. The Morgan fingerprint density at radius 1 is 1.35 bits per heavy atom. The molecule has 1 N–H and O–H groups in total. The van der Waals surface area contributed by atoms with Gasteiger partial charge in [-0.3, -0.25) is 9.48 Å². The lowest BCUT2D eigenvalue weighted by Gasteiger charge is -2.20. The van der Waals surface area contributed by atoms with Crippen molar-refractivity contribution in [1.82, 2.24) is 20.1 Å². The summed E-state index contributed by atoms with van der Waals surface area (Å²) in [6.45, 7) is 4.16. The van der Waals surface area contributed by atoms with E-state index in [1.807, 2.05) is 17.8 Å². The third-order valence-corrected chi connectivity index (χ3v) is 5.81. The standard InChI is InChI=1S/C20H28N4O2/c1-12-10-17(22-20-18(12)19(15-8-9-15)23-24(20)3)26-11-16(25)21-13(2)14-6-4-5-7-14/h10,13-15H,4-9,11H2,1-3H3,(H,21,25)/t13-/m0/s1. The predicted molar refractivity (Wildman–Crippen MR) is 100 cm³/mol. The van der Waals surface area contributed by atoms with Crippen LogP contribution in [0, 0.1) is 12.8 Å². The van der Waals surface area contributed by atoms with Crippen molar-refractivity contribution in [1.29, 1.82) is 0 Å². The molecular weight excluding hydrogens is 328 g/mol. The summed E-state index contributed by atoms with van der Waals surface area (Å²) in [6.07, 6.45) is 7.40. The van der Waals surface area contributed by atoms with E-state index in [1.54, 1.807) is 0 Å². The third kappa shape index (κ3) is 3.41. The number of ether oxygens (including phenoxy) is 1. The molecule has 2 fully saturated rings. The Morgan fingerprint density at radius 2 is 2.08 bits per heavy atom. The van der Waals surface area contributed by atoms with E-state index in [0.717, 1.165) is 22.3 Å². The van der Waals surface area contributed by atoms with Gasteiger partial charge in [-0.2, -0.15) is 10.1 Å². The van der Waals surface area contributed by atoms with Crippen LogP contribution in [0.2, 0.25) is 0 Å². The van der Waals surface area contributed by atoms with Gasteiger partial charge in [-0.05, 0) is 51.0 Å². The van der Waals surface area contributed by atoms with Crippen molar-refractivity contribution in [2.24, 2.45) is 13.0 Å². The molecule has 2 aliphatic carbocycles. The predicted octanol–water partition coefficient (Wildman–Crippen LogP) is 3.23. The van der Waals surface area contributed by atoms with Gasteiger partial charge < -0.3 is 10.1 Å². The van der Waals surface area contributed by atoms with E-state index in [-0.39, 0.29) is 18.6 Å². The van der Waals surface area contributed by atoms with E-state index < -0.39 is 0 Å². The first-order valence-corrected chi connectivity index (χ1v) is 9.79. The van der Waals surface area contributed by atoms with E-state index in [2.05, 4.69) is 29.2 Å². The van der Waals surface area contributed by atoms with Crippen LogP contribution in [0.25, 0.3) is 11.0 Å². The molecule has 0 spiro atoms. The van der Waals surface area contributed by atoms with E-state index in [9.17, 15) is 4.79 Å². The molecule has 2 aromatic rings. The van der Waals surface area contributed by atoms with Crippen LogP contribution in [0.4, 0.5) is 0 Å². The van der Waals surface area contributed by atoms with Crippen LogP contribution >= 0.6 is 0 Å². The zero-order valence-corrected chi connectivity index (χ0v) is 15.9. The Labute approximate surface area is 154 Å². The zero-order valence-electron chi connectivity index (χ0n) is 15.9. The van der Waals surface area contributed by atoms with Crippen LogP contribution in [-0.4, -0.2) is 33.3 Å². The minimum atomic E-state index is -0.0763. The van der Waals surface area contributed by atoms with Crippen molar-refractivity contribution < 1.29 is 9.53 Å². The number of aryl methyl sites for hydroxylation is 2. The maximum atomic E-state index is 12.2. The smallest absolute Gasteiger partial charge is 0.258 e. The van der Waals surface area contributed by atoms with Gasteiger partial charge >= 0.3 is 0 Å². The lowest BCUT2D eigenvalue weighted by molar-refractivity contribution is -0.124. The fourth-order valence-corrected chi connectivity index (χ4v) is 4.16. The van der Waals surface area contributed by atoms with Gasteiger partial charge in [0.15, 0.2) is 12.3 Å². The molecule has 140 valence electrons. The number of carbonyl (C=O) groups excluding carboxylic acids is 1. The van der Waals surface area contributed by atoms with Gasteiger partial charge in [0, 0.05) is 30.5 Å². The number of nitrogens with one attached hydrogen (secondary N) is 1. The van der Waals surface area contributed by atoms with Crippen LogP contribution in [0.5, 0.6) is 5.88 Å². The van der Waals surface area contributed by atoms with Gasteiger partial charge in [-0.1, -0.05) is 12.8 Å². The highest BCUT2D eigenvalue weighted by atomic mass is 16.5. The number of rotatable bonds is 6. The molecule has 0 aromatic carbocycles. The average molecular weight is 356 g/mol. The normalized spacial score (nSPS) is 19.0. The second-order valence-electron chi connectivity index (χ2n) is 7.95. The molecule has 0 aliphatic heterocycles. The van der Waals surface area contributed by atoms with Crippen LogP contribution < -0.4 is 10.1 Å². The molecule has 4 rings (SSSR count). The molecule has 26 heavy (non-hydrogen) atoms. The SMILES string of the molecule is Cc1cc(OCC(=O)N[C@@H](C)C2CCCC2)nc2c1c(C1CC1)nn2C. The number of nitrogens with zero attached hydrogens (tertiary/aromatic N) is 3. The fraction of sp³-hybridized carbons (Fsp3) is 0.650. The Bertz CT molecular complexity index is 819. The summed E-state index contributed by atoms with van der Waals surface area (Å²) in [7, 11) is 1.92. The molecule has 2 aliphatic rings. The minimum absolute atomic E-state index is 0.00232. The van der Waals surface area contributed by atoms with Gasteiger partial charge in [-0.25, -0.2) is 0 Å². The molecule has 0 saturated heterocycles. The van der Waals surface area contributed by atoms with Gasteiger partial charge in [0.1, 0.15) is 0 Å². The van der Waals surface area contributed by atoms with Crippen molar-refractivity contribution in [3.8, 4) is 5.88 Å². The van der Waals surface area contributed by atoms with Gasteiger partial charge in [0.05, 0.1) is 5.69 Å². The topological polar surface area (TPSA) is 69.0 Å². The summed E-state index contributed by atoms with van der Waals surface area (Å²) < 4.78 is 7.52. The van der Waals surface area contributed by atoms with Crippen molar-refractivity contribution in [2.45, 2.75) is 64.3 Å². The molecule has 0 bridgehead atoms. The number of hydrogen-bond acceptors (Lipinski definition) is 4. The highest BCUT2D eigenvalue weighted by Gasteiger charge is 2.30. The minimum Gasteiger partial charge on any atom is -0.468 e. The summed E-state index contributed by atoms with van der Waals surface area (Å²) in [4.78, 5) is 16.8. The summed E-state index contributed by atoms with van der Waals surface area (Å²) in [5.41, 5.74) is 3.10. The Balaban J connectivity index is 1.42. The van der Waals surface area contributed by atoms with Crippen molar-refractivity contribution >= 4 is 16.9 Å². The van der Waals surface area contributed by atoms with Crippen LogP contribution in [0.1, 0.15) is 62.6 Å². The molecule has 6 nitrogen and oxygen atoms in total. The maximum absolute atomic E-state index is 12.2. The lowest BCUT2D eigenvalue weighted by Crippen LogP contribution is -2.39. The maximum Gasteiger partial charge on any atom is 0.258 e. The second kappa shape index (κ2) is 6.89. The summed E-state index contributed by atoms with van der Waals surface area (Å²) in [6, 6.07) is 2.13. The number of amides is 1. The van der Waals surface area contributed by atoms with Crippen molar-refractivity contribution in [3.63, 3.8) is 0 Å². The van der Waals surface area contributed by atoms with Crippen LogP contribution in [-0.2, 0) is 11.8 Å². The molecule has 6 heteroatoms. The first kappa shape index (κ1) is 17.3. The number of hydrogen-bond donors (Lipinski definition) is 1. The molecule has 2 saturated carbocycles. The van der Waals surface area contributed by atoms with Crippen LogP contribution in [0.3, 0.4) is 0 Å². The zero-order chi connectivity index (χ0) is 18.3. The number of aromatic nitrogens is 3. The number of carbonyl (C=O) groups is 1. The lowest BCUT2D eigenvalue weighted by atomic mass is 10.00. The third-order valence-electron chi connectivity index (χ3n) is 5.81. The van der Waals surface area contributed by atoms with E-state index >= 15 is 0 Å². The average Bonchev–Trinajstić information content (AvgIpc) is 3.18. The van der Waals surface area contributed by atoms with E-state index in [4.69, 9.17) is 4.74 Å². The summed E-state index contributed by atoms with van der Waals surface area (Å²) in [5, 5.41) is 8.87. The van der Waals surface area contributed by atoms with Gasteiger partial charge in [0.25, 0.3) is 5.91 Å². The van der Waals surface area contributed by atoms with E-state index in [1.165, 1.54) is 38.5 Å². The molecule has 2 heterocycles. The summed E-state index contributed by atoms with van der Waals surface area (Å²) >= 11 is 0. The van der Waals surface area contributed by atoms with Crippen LogP contribution in [0.15, 0.2) is 6.07 Å². The molecule has 2 aromatic heterocycles. The largest absolute Gasteiger partial charge is 0.468 e. The molecule has 1 atom stereocenters. The molecular formula is C20H28N4O2. The first-order valence-electron chi connectivity index (χ1n) is 9.79. The van der Waals surface area contributed by atoms with Gasteiger partial charge in [-0.15, -0.1) is 0 Å². The van der Waals surface area contributed by atoms with Crippen molar-refractivity contribution in [3.05, 3.63) is 17.3 Å². The Morgan fingerprint density at radius 3 is 2.77 bits per heavy atom.